The predicted octanol–water partition coefficient (Wildman–Crippen LogP) is 3.57. The zero-order chi connectivity index (χ0) is 22.1. The summed E-state index contributed by atoms with van der Waals surface area (Å²) >= 11 is 0. The first kappa shape index (κ1) is 22.5. The zero-order valence-electron chi connectivity index (χ0n) is 18.0. The second-order valence-electron chi connectivity index (χ2n) is 7.61. The first-order valence-electron chi connectivity index (χ1n) is 10.3. The molecule has 3 aromatic carbocycles. The monoisotopic (exact) mass is 419 g/mol. The zero-order valence-corrected chi connectivity index (χ0v) is 18.0. The van der Waals surface area contributed by atoms with Crippen LogP contribution in [0.1, 0.15) is 15.9 Å². The Morgan fingerprint density at radius 3 is 2.52 bits per heavy atom. The van der Waals surface area contributed by atoms with Gasteiger partial charge in [-0.3, -0.25) is 10.0 Å². The molecule has 6 nitrogen and oxygen atoms in total. The van der Waals surface area contributed by atoms with Crippen molar-refractivity contribution in [3.8, 4) is 5.75 Å². The summed E-state index contributed by atoms with van der Waals surface area (Å²) in [4.78, 5) is 13.7. The number of benzene rings is 3. The Bertz CT molecular complexity index is 1020. The number of likely N-dealkylation sites (N-methyl/N-ethyl adjacent to an activating group) is 1. The molecule has 162 valence electrons. The van der Waals surface area contributed by atoms with Crippen molar-refractivity contribution in [1.82, 2.24) is 15.7 Å². The highest BCUT2D eigenvalue weighted by Gasteiger charge is 2.06. The van der Waals surface area contributed by atoms with Crippen LogP contribution in [0.25, 0.3) is 16.8 Å². The van der Waals surface area contributed by atoms with E-state index in [4.69, 9.17) is 9.94 Å². The van der Waals surface area contributed by atoms with Crippen LogP contribution in [0, 0.1) is 0 Å². The minimum atomic E-state index is -0.527. The molecule has 3 aromatic rings. The maximum absolute atomic E-state index is 11.5. The van der Waals surface area contributed by atoms with Crippen LogP contribution in [0.5, 0.6) is 5.75 Å². The van der Waals surface area contributed by atoms with Gasteiger partial charge in [-0.25, -0.2) is 5.48 Å². The molecule has 0 aliphatic carbocycles. The second kappa shape index (κ2) is 11.3. The Labute approximate surface area is 183 Å². The largest absolute Gasteiger partial charge is 0.489 e. The summed E-state index contributed by atoms with van der Waals surface area (Å²) in [5.41, 5.74) is 4.10. The number of rotatable bonds is 10. The SMILES string of the molecule is CN(C)CCNC/C(=C/c1ccc(C(=O)NO)cc1)COc1cccc2ccccc12. The van der Waals surface area contributed by atoms with Gasteiger partial charge in [-0.1, -0.05) is 54.6 Å². The van der Waals surface area contributed by atoms with E-state index in [0.29, 0.717) is 18.7 Å². The van der Waals surface area contributed by atoms with E-state index in [0.717, 1.165) is 40.7 Å². The summed E-state index contributed by atoms with van der Waals surface area (Å²) in [6.07, 6.45) is 2.06. The van der Waals surface area contributed by atoms with Crippen molar-refractivity contribution >= 4 is 22.8 Å². The molecule has 0 aliphatic heterocycles. The van der Waals surface area contributed by atoms with Crippen LogP contribution in [0.4, 0.5) is 0 Å². The molecule has 0 atom stereocenters. The minimum absolute atomic E-state index is 0.400. The first-order chi connectivity index (χ1) is 15.1. The van der Waals surface area contributed by atoms with E-state index in [2.05, 4.69) is 34.5 Å². The van der Waals surface area contributed by atoms with E-state index in [1.165, 1.54) is 0 Å². The van der Waals surface area contributed by atoms with E-state index in [1.807, 2.05) is 50.5 Å². The summed E-state index contributed by atoms with van der Waals surface area (Å²) in [5.74, 6) is 0.327. The predicted molar refractivity (Wildman–Crippen MR) is 125 cm³/mol. The normalized spacial score (nSPS) is 11.7. The quantitative estimate of drug-likeness (QED) is 0.266. The van der Waals surface area contributed by atoms with Crippen LogP contribution in [0.3, 0.4) is 0 Å². The number of fused-ring (bicyclic) bond motifs is 1. The summed E-state index contributed by atoms with van der Waals surface area (Å²) in [7, 11) is 4.10. The van der Waals surface area contributed by atoms with Crippen molar-refractivity contribution in [2.45, 2.75) is 0 Å². The summed E-state index contributed by atoms with van der Waals surface area (Å²) in [6.45, 7) is 2.95. The van der Waals surface area contributed by atoms with Crippen LogP contribution >= 0.6 is 0 Å². The van der Waals surface area contributed by atoms with E-state index >= 15 is 0 Å². The fourth-order valence-corrected chi connectivity index (χ4v) is 3.22. The molecular weight excluding hydrogens is 390 g/mol. The molecule has 0 unspecified atom stereocenters. The molecule has 31 heavy (non-hydrogen) atoms. The Hall–Kier alpha value is -3.19. The van der Waals surface area contributed by atoms with Gasteiger partial charge in [-0.05, 0) is 48.8 Å². The van der Waals surface area contributed by atoms with E-state index in [1.54, 1.807) is 17.6 Å². The standard InChI is InChI=1S/C25H29N3O3/c1-28(2)15-14-26-17-20(16-19-10-12-22(13-11-19)25(29)27-30)18-31-24-9-5-7-21-6-3-4-8-23(21)24/h3-13,16,26,30H,14-15,17-18H2,1-2H3,(H,27,29)/b20-16-. The number of carbonyl (C=O) groups excluding carboxylic acids is 1. The van der Waals surface area contributed by atoms with Gasteiger partial charge in [0.2, 0.25) is 0 Å². The second-order valence-corrected chi connectivity index (χ2v) is 7.61. The number of amides is 1. The summed E-state index contributed by atoms with van der Waals surface area (Å²) < 4.78 is 6.20. The van der Waals surface area contributed by atoms with Crippen LogP contribution in [-0.2, 0) is 0 Å². The van der Waals surface area contributed by atoms with Gasteiger partial charge in [0.1, 0.15) is 12.4 Å². The molecule has 0 aliphatic rings. The van der Waals surface area contributed by atoms with E-state index in [-0.39, 0.29) is 0 Å². The van der Waals surface area contributed by atoms with Crippen molar-refractivity contribution < 1.29 is 14.7 Å². The third-order valence-corrected chi connectivity index (χ3v) is 4.90. The number of carbonyl (C=O) groups is 1. The number of hydrogen-bond acceptors (Lipinski definition) is 5. The summed E-state index contributed by atoms with van der Waals surface area (Å²) in [5, 5.41) is 14.5. The first-order valence-corrected chi connectivity index (χ1v) is 10.3. The lowest BCUT2D eigenvalue weighted by atomic mass is 10.1. The third-order valence-electron chi connectivity index (χ3n) is 4.90. The molecule has 0 saturated heterocycles. The molecule has 6 heteroatoms. The van der Waals surface area contributed by atoms with Gasteiger partial charge >= 0.3 is 0 Å². The lowest BCUT2D eigenvalue weighted by molar-refractivity contribution is 0.0706. The Kier molecular flexibility index (Phi) is 8.18. The fraction of sp³-hybridized carbons (Fsp3) is 0.240. The third kappa shape index (κ3) is 6.65. The maximum atomic E-state index is 11.5. The molecule has 0 fully saturated rings. The molecule has 0 radical (unpaired) electrons. The number of hydroxylamine groups is 1. The molecule has 3 rings (SSSR count). The van der Waals surface area contributed by atoms with Gasteiger partial charge in [-0.15, -0.1) is 0 Å². The van der Waals surface area contributed by atoms with Gasteiger partial charge in [0.25, 0.3) is 5.91 Å². The Balaban J connectivity index is 1.75. The lowest BCUT2D eigenvalue weighted by Crippen LogP contribution is -2.28. The molecule has 0 saturated carbocycles. The topological polar surface area (TPSA) is 73.8 Å². The fourth-order valence-electron chi connectivity index (χ4n) is 3.22. The van der Waals surface area contributed by atoms with Crippen LogP contribution < -0.4 is 15.5 Å². The molecule has 0 bridgehead atoms. The van der Waals surface area contributed by atoms with Crippen LogP contribution in [0.2, 0.25) is 0 Å². The van der Waals surface area contributed by atoms with Crippen molar-refractivity contribution in [2.24, 2.45) is 0 Å². The number of hydrogen-bond donors (Lipinski definition) is 3. The van der Waals surface area contributed by atoms with Crippen molar-refractivity contribution in [3.63, 3.8) is 0 Å². The Morgan fingerprint density at radius 1 is 1.03 bits per heavy atom. The highest BCUT2D eigenvalue weighted by atomic mass is 16.5. The molecule has 1 amide bonds. The molecule has 3 N–H and O–H groups in total. The molecular formula is C25H29N3O3. The summed E-state index contributed by atoms with van der Waals surface area (Å²) in [6, 6.07) is 21.3. The number of nitrogens with one attached hydrogen (secondary N) is 2. The van der Waals surface area contributed by atoms with Gasteiger partial charge in [0.05, 0.1) is 0 Å². The van der Waals surface area contributed by atoms with Crippen LogP contribution in [0.15, 0.2) is 72.3 Å². The van der Waals surface area contributed by atoms with Gasteiger partial charge in [-0.2, -0.15) is 0 Å². The smallest absolute Gasteiger partial charge is 0.274 e. The highest BCUT2D eigenvalue weighted by molar-refractivity contribution is 5.93. The van der Waals surface area contributed by atoms with Gasteiger partial charge in [0.15, 0.2) is 0 Å². The molecule has 0 spiro atoms. The van der Waals surface area contributed by atoms with Gasteiger partial charge < -0.3 is 15.0 Å². The van der Waals surface area contributed by atoms with Crippen LogP contribution in [-0.4, -0.2) is 56.4 Å². The maximum Gasteiger partial charge on any atom is 0.274 e. The highest BCUT2D eigenvalue weighted by Crippen LogP contribution is 2.25. The van der Waals surface area contributed by atoms with Crippen molar-refractivity contribution in [1.29, 1.82) is 0 Å². The van der Waals surface area contributed by atoms with E-state index in [9.17, 15) is 4.79 Å². The average molecular weight is 420 g/mol. The number of nitrogens with zero attached hydrogens (tertiary/aromatic N) is 1. The van der Waals surface area contributed by atoms with Crippen molar-refractivity contribution in [3.05, 3.63) is 83.4 Å². The minimum Gasteiger partial charge on any atom is -0.489 e. The van der Waals surface area contributed by atoms with Gasteiger partial charge in [0, 0.05) is 30.6 Å². The average Bonchev–Trinajstić information content (AvgIpc) is 2.79. The van der Waals surface area contributed by atoms with E-state index < -0.39 is 5.91 Å². The number of ether oxygens (including phenoxy) is 1. The van der Waals surface area contributed by atoms with Crippen molar-refractivity contribution in [2.75, 3.05) is 40.3 Å². The Morgan fingerprint density at radius 2 is 1.77 bits per heavy atom. The lowest BCUT2D eigenvalue weighted by Gasteiger charge is -2.15. The molecule has 0 aromatic heterocycles. The molecule has 0 heterocycles.